The summed E-state index contributed by atoms with van der Waals surface area (Å²) in [5, 5.41) is 3.33. The van der Waals surface area contributed by atoms with Crippen molar-refractivity contribution in [1.29, 1.82) is 0 Å². The highest BCUT2D eigenvalue weighted by atomic mass is 35.5. The molecule has 0 aliphatic carbocycles. The van der Waals surface area contributed by atoms with E-state index in [2.05, 4.69) is 5.32 Å². The van der Waals surface area contributed by atoms with Gasteiger partial charge in [0, 0.05) is 17.1 Å². The van der Waals surface area contributed by atoms with E-state index in [-0.39, 0.29) is 17.3 Å². The molecule has 0 spiro atoms. The highest BCUT2D eigenvalue weighted by Crippen LogP contribution is 2.26. The normalized spacial score (nSPS) is 12.5. The van der Waals surface area contributed by atoms with Gasteiger partial charge in [-0.2, -0.15) is 0 Å². The van der Waals surface area contributed by atoms with Crippen LogP contribution in [0.15, 0.2) is 83.8 Å². The van der Waals surface area contributed by atoms with Gasteiger partial charge in [-0.25, -0.2) is 8.42 Å². The van der Waals surface area contributed by atoms with Gasteiger partial charge >= 0.3 is 0 Å². The standard InChI is InChI=1S/C30H36ClN3O4S/c1-22-11-15-26(16-12-22)34(39(37,38)27-17-13-25(31)14-18-27)21-28(35)33(20-19-24-9-7-6-8-10-24)23(2)29(36)32-30(3,4)5/h6-18,23H,19-21H2,1-5H3,(H,32,36)/t23-/m0/s1. The number of aryl methyl sites for hydroxylation is 1. The number of amides is 2. The molecule has 3 aromatic carbocycles. The molecule has 0 saturated heterocycles. The van der Waals surface area contributed by atoms with Gasteiger partial charge in [0.25, 0.3) is 10.0 Å². The van der Waals surface area contributed by atoms with Crippen LogP contribution >= 0.6 is 11.6 Å². The maximum absolute atomic E-state index is 13.9. The third-order valence-corrected chi connectivity index (χ3v) is 8.19. The number of sulfonamides is 1. The van der Waals surface area contributed by atoms with E-state index in [1.165, 1.54) is 29.2 Å². The van der Waals surface area contributed by atoms with Crippen molar-refractivity contribution in [3.05, 3.63) is 95.0 Å². The summed E-state index contributed by atoms with van der Waals surface area (Å²) < 4.78 is 28.7. The zero-order valence-electron chi connectivity index (χ0n) is 23.0. The number of benzene rings is 3. The summed E-state index contributed by atoms with van der Waals surface area (Å²) in [5.74, 6) is -0.799. The first-order valence-electron chi connectivity index (χ1n) is 12.8. The lowest BCUT2D eigenvalue weighted by Crippen LogP contribution is -2.55. The monoisotopic (exact) mass is 569 g/mol. The molecule has 0 aliphatic heterocycles. The van der Waals surface area contributed by atoms with Crippen molar-refractivity contribution >= 4 is 39.1 Å². The van der Waals surface area contributed by atoms with Crippen molar-refractivity contribution in [2.75, 3.05) is 17.4 Å². The van der Waals surface area contributed by atoms with E-state index in [1.54, 1.807) is 31.2 Å². The van der Waals surface area contributed by atoms with Crippen LogP contribution in [0.1, 0.15) is 38.8 Å². The van der Waals surface area contributed by atoms with E-state index < -0.39 is 34.1 Å². The smallest absolute Gasteiger partial charge is 0.264 e. The predicted octanol–water partition coefficient (Wildman–Crippen LogP) is 5.22. The molecule has 0 unspecified atom stereocenters. The Morgan fingerprint density at radius 3 is 2.08 bits per heavy atom. The first-order chi connectivity index (χ1) is 18.3. The van der Waals surface area contributed by atoms with Crippen LogP contribution in [0.2, 0.25) is 5.02 Å². The van der Waals surface area contributed by atoms with Crippen molar-refractivity contribution < 1.29 is 18.0 Å². The van der Waals surface area contributed by atoms with Gasteiger partial charge in [-0.15, -0.1) is 0 Å². The Balaban J connectivity index is 1.98. The number of halogens is 1. The number of nitrogens with zero attached hydrogens (tertiary/aromatic N) is 2. The van der Waals surface area contributed by atoms with Crippen LogP contribution in [0.4, 0.5) is 5.69 Å². The van der Waals surface area contributed by atoms with E-state index in [0.717, 1.165) is 15.4 Å². The van der Waals surface area contributed by atoms with Crippen molar-refractivity contribution in [2.45, 2.75) is 57.5 Å². The molecule has 9 heteroatoms. The molecular weight excluding hydrogens is 534 g/mol. The SMILES string of the molecule is Cc1ccc(N(CC(=O)N(CCc2ccccc2)[C@@H](C)C(=O)NC(C)(C)C)S(=O)(=O)c2ccc(Cl)cc2)cc1. The highest BCUT2D eigenvalue weighted by molar-refractivity contribution is 7.92. The quantitative estimate of drug-likeness (QED) is 0.363. The first kappa shape index (κ1) is 30.2. The highest BCUT2D eigenvalue weighted by Gasteiger charge is 2.33. The average molecular weight is 570 g/mol. The Kier molecular flexibility index (Phi) is 9.80. The van der Waals surface area contributed by atoms with Crippen molar-refractivity contribution in [1.82, 2.24) is 10.2 Å². The Hall–Kier alpha value is -3.36. The number of rotatable bonds is 10. The Bertz CT molecular complexity index is 1370. The van der Waals surface area contributed by atoms with E-state index in [1.807, 2.05) is 58.0 Å². The van der Waals surface area contributed by atoms with Gasteiger partial charge in [0.15, 0.2) is 0 Å². The van der Waals surface area contributed by atoms with Gasteiger partial charge in [0.05, 0.1) is 10.6 Å². The molecule has 0 radical (unpaired) electrons. The van der Waals surface area contributed by atoms with Gasteiger partial charge in [-0.05, 0) is 83.0 Å². The van der Waals surface area contributed by atoms with Crippen LogP contribution in [-0.4, -0.2) is 49.8 Å². The van der Waals surface area contributed by atoms with E-state index >= 15 is 0 Å². The van der Waals surface area contributed by atoms with Crippen molar-refractivity contribution in [3.8, 4) is 0 Å². The molecule has 0 aliphatic rings. The number of hydrogen-bond acceptors (Lipinski definition) is 4. The predicted molar refractivity (Wildman–Crippen MR) is 156 cm³/mol. The summed E-state index contributed by atoms with van der Waals surface area (Å²) in [6.07, 6.45) is 0.508. The first-order valence-corrected chi connectivity index (χ1v) is 14.6. The third kappa shape index (κ3) is 8.31. The molecule has 0 aromatic heterocycles. The molecule has 1 atom stereocenters. The number of anilines is 1. The van der Waals surface area contributed by atoms with Crippen molar-refractivity contribution in [2.24, 2.45) is 0 Å². The second-order valence-corrected chi connectivity index (χ2v) is 12.8. The lowest BCUT2D eigenvalue weighted by molar-refractivity contribution is -0.139. The second kappa shape index (κ2) is 12.7. The summed E-state index contributed by atoms with van der Waals surface area (Å²) in [6, 6.07) is 21.5. The number of carbonyl (C=O) groups excluding carboxylic acids is 2. The maximum atomic E-state index is 13.9. The van der Waals surface area contributed by atoms with Crippen LogP contribution in [0, 0.1) is 6.92 Å². The molecule has 2 amide bonds. The molecule has 1 N–H and O–H groups in total. The average Bonchev–Trinajstić information content (AvgIpc) is 2.87. The Labute approximate surface area is 236 Å². The molecule has 0 saturated carbocycles. The molecule has 208 valence electrons. The van der Waals surface area contributed by atoms with E-state index in [0.29, 0.717) is 17.1 Å². The summed E-state index contributed by atoms with van der Waals surface area (Å²) in [6.45, 7) is 8.92. The molecule has 7 nitrogen and oxygen atoms in total. The Morgan fingerprint density at radius 2 is 1.51 bits per heavy atom. The number of hydrogen-bond donors (Lipinski definition) is 1. The largest absolute Gasteiger partial charge is 0.350 e. The van der Waals surface area contributed by atoms with Crippen LogP contribution in [-0.2, 0) is 26.0 Å². The van der Waals surface area contributed by atoms with E-state index in [9.17, 15) is 18.0 Å². The van der Waals surface area contributed by atoms with Crippen LogP contribution in [0.3, 0.4) is 0 Å². The molecule has 3 rings (SSSR count). The summed E-state index contributed by atoms with van der Waals surface area (Å²) in [4.78, 5) is 28.4. The minimum atomic E-state index is -4.13. The van der Waals surface area contributed by atoms with Crippen LogP contribution < -0.4 is 9.62 Å². The Morgan fingerprint density at radius 1 is 0.923 bits per heavy atom. The second-order valence-electron chi connectivity index (χ2n) is 10.5. The lowest BCUT2D eigenvalue weighted by atomic mass is 10.1. The summed E-state index contributed by atoms with van der Waals surface area (Å²) in [5.41, 5.74) is 1.80. The van der Waals surface area contributed by atoms with Gasteiger partial charge in [0.2, 0.25) is 11.8 Å². The molecular formula is C30H36ClN3O4S. The maximum Gasteiger partial charge on any atom is 0.264 e. The van der Waals surface area contributed by atoms with E-state index in [4.69, 9.17) is 11.6 Å². The third-order valence-electron chi connectivity index (χ3n) is 6.15. The fraction of sp³-hybridized carbons (Fsp3) is 0.333. The van der Waals surface area contributed by atoms with Gasteiger partial charge in [-0.3, -0.25) is 13.9 Å². The zero-order chi connectivity index (χ0) is 28.8. The van der Waals surface area contributed by atoms with Crippen LogP contribution in [0.25, 0.3) is 0 Å². The zero-order valence-corrected chi connectivity index (χ0v) is 24.6. The minimum absolute atomic E-state index is 0.00892. The fourth-order valence-electron chi connectivity index (χ4n) is 4.02. The molecule has 39 heavy (non-hydrogen) atoms. The van der Waals surface area contributed by atoms with Crippen molar-refractivity contribution in [3.63, 3.8) is 0 Å². The molecule has 0 bridgehead atoms. The summed E-state index contributed by atoms with van der Waals surface area (Å²) in [7, 11) is -4.13. The molecule has 0 fully saturated rings. The minimum Gasteiger partial charge on any atom is -0.350 e. The summed E-state index contributed by atoms with van der Waals surface area (Å²) >= 11 is 5.99. The number of nitrogens with one attached hydrogen (secondary N) is 1. The molecule has 3 aromatic rings. The topological polar surface area (TPSA) is 86.8 Å². The lowest BCUT2D eigenvalue weighted by Gasteiger charge is -2.33. The van der Waals surface area contributed by atoms with Gasteiger partial charge in [0.1, 0.15) is 12.6 Å². The van der Waals surface area contributed by atoms with Crippen LogP contribution in [0.5, 0.6) is 0 Å². The number of carbonyl (C=O) groups is 2. The fourth-order valence-corrected chi connectivity index (χ4v) is 5.56. The molecule has 0 heterocycles. The van der Waals surface area contributed by atoms with Gasteiger partial charge < -0.3 is 10.2 Å². The van der Waals surface area contributed by atoms with Gasteiger partial charge in [-0.1, -0.05) is 59.6 Å².